The third-order valence-electron chi connectivity index (χ3n) is 5.10. The molecular formula is C23H28N2O4. The van der Waals surface area contributed by atoms with Gasteiger partial charge in [0.2, 0.25) is 11.8 Å². The smallest absolute Gasteiger partial charge is 0.245 e. The van der Waals surface area contributed by atoms with Gasteiger partial charge in [0.1, 0.15) is 17.9 Å². The van der Waals surface area contributed by atoms with Crippen LogP contribution >= 0.6 is 0 Å². The molecule has 6 heteroatoms. The summed E-state index contributed by atoms with van der Waals surface area (Å²) in [4.78, 5) is 26.9. The topological polar surface area (TPSA) is 67.9 Å². The molecule has 6 nitrogen and oxygen atoms in total. The molecule has 1 unspecified atom stereocenters. The Morgan fingerprint density at radius 3 is 2.59 bits per heavy atom. The lowest BCUT2D eigenvalue weighted by Gasteiger charge is -2.34. The van der Waals surface area contributed by atoms with Crippen LogP contribution in [0, 0.1) is 0 Å². The first kappa shape index (κ1) is 20.9. The minimum atomic E-state index is -0.562. The molecule has 0 saturated carbocycles. The van der Waals surface area contributed by atoms with Crippen LogP contribution in [0.3, 0.4) is 0 Å². The lowest BCUT2D eigenvalue weighted by Crippen LogP contribution is -2.51. The van der Waals surface area contributed by atoms with E-state index in [4.69, 9.17) is 9.47 Å². The van der Waals surface area contributed by atoms with Crippen LogP contribution in [0.25, 0.3) is 0 Å². The number of rotatable bonds is 7. The van der Waals surface area contributed by atoms with E-state index in [9.17, 15) is 9.59 Å². The van der Waals surface area contributed by atoms with E-state index < -0.39 is 6.04 Å². The van der Waals surface area contributed by atoms with Gasteiger partial charge < -0.3 is 19.7 Å². The number of amides is 2. The van der Waals surface area contributed by atoms with Crippen LogP contribution in [-0.2, 0) is 20.7 Å². The number of aryl methyl sites for hydroxylation is 1. The van der Waals surface area contributed by atoms with Gasteiger partial charge in [0.25, 0.3) is 0 Å². The number of carbonyl (C=O) groups is 2. The normalized spacial score (nSPS) is 17.4. The van der Waals surface area contributed by atoms with Crippen LogP contribution < -0.4 is 10.1 Å². The Bertz CT molecular complexity index is 807. The summed E-state index contributed by atoms with van der Waals surface area (Å²) in [5.74, 6) is 0.582. The number of benzene rings is 2. The summed E-state index contributed by atoms with van der Waals surface area (Å²) >= 11 is 0. The van der Waals surface area contributed by atoms with Crippen LogP contribution in [0.5, 0.6) is 5.75 Å². The quantitative estimate of drug-likeness (QED) is 0.781. The Hall–Kier alpha value is -2.86. The van der Waals surface area contributed by atoms with E-state index in [-0.39, 0.29) is 17.9 Å². The maximum atomic E-state index is 12.8. The molecule has 0 aliphatic carbocycles. The lowest BCUT2D eigenvalue weighted by atomic mass is 10.1. The zero-order valence-electron chi connectivity index (χ0n) is 17.0. The van der Waals surface area contributed by atoms with Gasteiger partial charge in [-0.2, -0.15) is 0 Å². The van der Waals surface area contributed by atoms with Crippen molar-refractivity contribution in [3.8, 4) is 5.75 Å². The minimum Gasteiger partial charge on any atom is -0.497 e. The number of ether oxygens (including phenoxy) is 2. The van der Waals surface area contributed by atoms with Crippen molar-refractivity contribution in [1.29, 1.82) is 0 Å². The number of hydrogen-bond acceptors (Lipinski definition) is 4. The molecule has 1 N–H and O–H groups in total. The molecule has 29 heavy (non-hydrogen) atoms. The highest BCUT2D eigenvalue weighted by molar-refractivity contribution is 5.87. The predicted molar refractivity (Wildman–Crippen MR) is 111 cm³/mol. The van der Waals surface area contributed by atoms with Crippen LogP contribution in [0.2, 0.25) is 0 Å². The molecule has 0 spiro atoms. The number of morpholine rings is 1. The second kappa shape index (κ2) is 10.1. The average molecular weight is 396 g/mol. The van der Waals surface area contributed by atoms with Crippen LogP contribution in [0.1, 0.15) is 30.6 Å². The second-order valence-electron chi connectivity index (χ2n) is 7.19. The highest BCUT2D eigenvalue weighted by Crippen LogP contribution is 2.22. The van der Waals surface area contributed by atoms with Crippen LogP contribution in [0.15, 0.2) is 54.6 Å². The van der Waals surface area contributed by atoms with E-state index >= 15 is 0 Å². The monoisotopic (exact) mass is 396 g/mol. The summed E-state index contributed by atoms with van der Waals surface area (Å²) in [6, 6.07) is 17.0. The van der Waals surface area contributed by atoms with E-state index in [1.54, 1.807) is 18.9 Å². The predicted octanol–water partition coefficient (Wildman–Crippen LogP) is 2.73. The molecule has 2 aromatic rings. The zero-order chi connectivity index (χ0) is 20.6. The fraction of sp³-hybridized carbons (Fsp3) is 0.391. The van der Waals surface area contributed by atoms with Gasteiger partial charge in [-0.1, -0.05) is 42.5 Å². The maximum Gasteiger partial charge on any atom is 0.245 e. The van der Waals surface area contributed by atoms with Gasteiger partial charge in [0.15, 0.2) is 0 Å². The highest BCUT2D eigenvalue weighted by Gasteiger charge is 2.28. The Morgan fingerprint density at radius 2 is 1.90 bits per heavy atom. The molecule has 154 valence electrons. The van der Waals surface area contributed by atoms with Gasteiger partial charge in [0.05, 0.1) is 20.3 Å². The van der Waals surface area contributed by atoms with Crippen molar-refractivity contribution >= 4 is 11.8 Å². The van der Waals surface area contributed by atoms with Gasteiger partial charge in [-0.25, -0.2) is 0 Å². The number of carbonyl (C=O) groups excluding carboxylic acids is 2. The van der Waals surface area contributed by atoms with Gasteiger partial charge in [0, 0.05) is 13.0 Å². The third kappa shape index (κ3) is 5.81. The number of nitrogens with one attached hydrogen (secondary N) is 1. The van der Waals surface area contributed by atoms with Gasteiger partial charge in [-0.3, -0.25) is 9.59 Å². The molecule has 0 aromatic heterocycles. The van der Waals surface area contributed by atoms with Crippen molar-refractivity contribution in [3.63, 3.8) is 0 Å². The largest absolute Gasteiger partial charge is 0.497 e. The fourth-order valence-electron chi connectivity index (χ4n) is 3.42. The second-order valence-corrected chi connectivity index (χ2v) is 7.19. The van der Waals surface area contributed by atoms with E-state index in [2.05, 4.69) is 5.32 Å². The summed E-state index contributed by atoms with van der Waals surface area (Å²) in [5.41, 5.74) is 2.11. The standard InChI is InChI=1S/C23H28N2O4/c1-17(24-22(26)13-10-18-8-11-20(28-2)12-9-18)23(27)25-14-15-29-21(16-25)19-6-4-3-5-7-19/h3-9,11-12,17,21H,10,13-16H2,1-2H3,(H,24,26)/t17-,21?/m0/s1. The molecule has 1 heterocycles. The number of methoxy groups -OCH3 is 1. The van der Waals surface area contributed by atoms with E-state index in [0.29, 0.717) is 32.5 Å². The van der Waals surface area contributed by atoms with E-state index in [1.165, 1.54) is 0 Å². The van der Waals surface area contributed by atoms with Crippen molar-refractivity contribution < 1.29 is 19.1 Å². The molecule has 0 radical (unpaired) electrons. The molecular weight excluding hydrogens is 368 g/mol. The van der Waals surface area contributed by atoms with Crippen molar-refractivity contribution in [2.45, 2.75) is 31.9 Å². The number of hydrogen-bond donors (Lipinski definition) is 1. The molecule has 1 aliphatic rings. The van der Waals surface area contributed by atoms with Gasteiger partial charge >= 0.3 is 0 Å². The summed E-state index contributed by atoms with van der Waals surface area (Å²) in [7, 11) is 1.62. The maximum absolute atomic E-state index is 12.8. The molecule has 1 saturated heterocycles. The first-order valence-corrected chi connectivity index (χ1v) is 9.94. The summed E-state index contributed by atoms with van der Waals surface area (Å²) in [5, 5.41) is 2.83. The molecule has 2 atom stereocenters. The van der Waals surface area contributed by atoms with Crippen molar-refractivity contribution in [3.05, 3.63) is 65.7 Å². The molecule has 2 aromatic carbocycles. The zero-order valence-corrected chi connectivity index (χ0v) is 17.0. The van der Waals surface area contributed by atoms with E-state index in [0.717, 1.165) is 16.9 Å². The average Bonchev–Trinajstić information content (AvgIpc) is 2.78. The van der Waals surface area contributed by atoms with Crippen LogP contribution in [-0.4, -0.2) is 49.6 Å². The first-order chi connectivity index (χ1) is 14.1. The van der Waals surface area contributed by atoms with Crippen molar-refractivity contribution in [2.24, 2.45) is 0 Å². The lowest BCUT2D eigenvalue weighted by molar-refractivity contribution is -0.142. The Balaban J connectivity index is 1.48. The summed E-state index contributed by atoms with van der Waals surface area (Å²) < 4.78 is 11.0. The van der Waals surface area contributed by atoms with Crippen molar-refractivity contribution in [2.75, 3.05) is 26.8 Å². The molecule has 3 rings (SSSR count). The summed E-state index contributed by atoms with van der Waals surface area (Å²) in [6.07, 6.45) is 0.816. The molecule has 1 aliphatic heterocycles. The van der Waals surface area contributed by atoms with Crippen LogP contribution in [0.4, 0.5) is 0 Å². The molecule has 1 fully saturated rings. The SMILES string of the molecule is COc1ccc(CCC(=O)N[C@@H](C)C(=O)N2CCOC(c3ccccc3)C2)cc1. The fourth-order valence-corrected chi connectivity index (χ4v) is 3.42. The minimum absolute atomic E-state index is 0.0768. The molecule has 0 bridgehead atoms. The highest BCUT2D eigenvalue weighted by atomic mass is 16.5. The van der Waals surface area contributed by atoms with Crippen molar-refractivity contribution in [1.82, 2.24) is 10.2 Å². The molecule has 2 amide bonds. The van der Waals surface area contributed by atoms with E-state index in [1.807, 2.05) is 54.6 Å². The Morgan fingerprint density at radius 1 is 1.17 bits per heavy atom. The summed E-state index contributed by atoms with van der Waals surface area (Å²) in [6.45, 7) is 3.26. The third-order valence-corrected chi connectivity index (χ3v) is 5.10. The Kier molecular flexibility index (Phi) is 7.25. The van der Waals surface area contributed by atoms with Gasteiger partial charge in [-0.05, 0) is 36.6 Å². The van der Waals surface area contributed by atoms with Gasteiger partial charge in [-0.15, -0.1) is 0 Å². The first-order valence-electron chi connectivity index (χ1n) is 9.94. The number of nitrogens with zero attached hydrogens (tertiary/aromatic N) is 1. The Labute approximate surface area is 171 Å².